The molecule has 2 saturated heterocycles. The molecule has 2 atom stereocenters. The van der Waals surface area contributed by atoms with E-state index in [9.17, 15) is 13.2 Å². The molecule has 2 unspecified atom stereocenters. The second-order valence-electron chi connectivity index (χ2n) is 7.19. The lowest BCUT2D eigenvalue weighted by Crippen LogP contribution is -2.57. The average Bonchev–Trinajstić information content (AvgIpc) is 2.73. The second kappa shape index (κ2) is 10.0. The molecule has 1 aromatic carbocycles. The van der Waals surface area contributed by atoms with Crippen LogP contribution in [0.3, 0.4) is 0 Å². The van der Waals surface area contributed by atoms with Crippen LogP contribution in [0.4, 0.5) is 0 Å². The molecule has 158 valence electrons. The lowest BCUT2D eigenvalue weighted by atomic mass is 9.99. The van der Waals surface area contributed by atoms with Gasteiger partial charge in [0, 0.05) is 32.7 Å². The molecule has 2 fully saturated rings. The molecule has 0 aromatic heterocycles. The van der Waals surface area contributed by atoms with Crippen molar-refractivity contribution in [3.05, 3.63) is 29.8 Å². The summed E-state index contributed by atoms with van der Waals surface area (Å²) in [5, 5.41) is 3.15. The van der Waals surface area contributed by atoms with E-state index < -0.39 is 10.0 Å². The molecule has 9 heteroatoms. The summed E-state index contributed by atoms with van der Waals surface area (Å²) in [6.07, 6.45) is 1.02. The first kappa shape index (κ1) is 23.1. The van der Waals surface area contributed by atoms with E-state index in [0.717, 1.165) is 12.0 Å². The molecule has 3 rings (SSSR count). The number of ether oxygens (including phenoxy) is 1. The number of benzene rings is 1. The topological polar surface area (TPSA) is 79.0 Å². The van der Waals surface area contributed by atoms with E-state index in [1.165, 1.54) is 4.31 Å². The lowest BCUT2D eigenvalue weighted by Gasteiger charge is -2.36. The largest absolute Gasteiger partial charge is 0.378 e. The van der Waals surface area contributed by atoms with Crippen molar-refractivity contribution in [2.24, 2.45) is 0 Å². The Hall–Kier alpha value is -1.19. The number of sulfonamides is 1. The highest BCUT2D eigenvalue weighted by Crippen LogP contribution is 2.23. The number of hydrogen-bond acceptors (Lipinski definition) is 5. The molecule has 2 heterocycles. The quantitative estimate of drug-likeness (QED) is 0.763. The van der Waals surface area contributed by atoms with E-state index in [1.54, 1.807) is 17.0 Å². The molecule has 2 aliphatic heterocycles. The second-order valence-corrected chi connectivity index (χ2v) is 9.13. The minimum atomic E-state index is -3.53. The van der Waals surface area contributed by atoms with Gasteiger partial charge in [-0.05, 0) is 30.0 Å². The van der Waals surface area contributed by atoms with Gasteiger partial charge >= 0.3 is 0 Å². The first-order valence-corrected chi connectivity index (χ1v) is 11.1. The molecule has 0 spiro atoms. The van der Waals surface area contributed by atoms with Gasteiger partial charge in [-0.1, -0.05) is 26.0 Å². The Morgan fingerprint density at radius 2 is 1.86 bits per heavy atom. The number of halogens is 1. The molecule has 0 saturated carbocycles. The van der Waals surface area contributed by atoms with Gasteiger partial charge in [0.05, 0.1) is 18.1 Å². The van der Waals surface area contributed by atoms with Crippen LogP contribution >= 0.6 is 12.4 Å². The number of nitrogens with zero attached hydrogens (tertiary/aromatic N) is 2. The number of amides is 1. The van der Waals surface area contributed by atoms with E-state index >= 15 is 0 Å². The minimum absolute atomic E-state index is 0. The van der Waals surface area contributed by atoms with Crippen LogP contribution in [0.2, 0.25) is 0 Å². The molecule has 1 amide bonds. The summed E-state index contributed by atoms with van der Waals surface area (Å²) in [4.78, 5) is 14.6. The standard InChI is InChI=1S/C19H29N3O4S.ClH/c1-3-15(2)16-4-6-17(7-5-16)27(24,25)22-11-9-21(10-12-22)19(23)18-14-26-13-8-20-18;/h4-7,15,18,20H,3,8-14H2,1-2H3;1H. The third kappa shape index (κ3) is 5.04. The molecule has 28 heavy (non-hydrogen) atoms. The van der Waals surface area contributed by atoms with Crippen LogP contribution in [0, 0.1) is 0 Å². The maximum absolute atomic E-state index is 12.9. The van der Waals surface area contributed by atoms with Crippen LogP contribution in [0.1, 0.15) is 31.7 Å². The predicted octanol–water partition coefficient (Wildman–Crippen LogP) is 1.44. The average molecular weight is 432 g/mol. The number of carbonyl (C=O) groups excluding carboxylic acids is 1. The molecule has 1 aromatic rings. The molecule has 1 N–H and O–H groups in total. The van der Waals surface area contributed by atoms with Crippen molar-refractivity contribution < 1.29 is 17.9 Å². The number of piperazine rings is 1. The van der Waals surface area contributed by atoms with Gasteiger partial charge in [-0.25, -0.2) is 8.42 Å². The van der Waals surface area contributed by atoms with Crippen molar-refractivity contribution in [2.45, 2.75) is 37.1 Å². The van der Waals surface area contributed by atoms with Gasteiger partial charge in [-0.2, -0.15) is 4.31 Å². The Morgan fingerprint density at radius 1 is 1.21 bits per heavy atom. The summed E-state index contributed by atoms with van der Waals surface area (Å²) in [7, 11) is -3.53. The van der Waals surface area contributed by atoms with Crippen LogP contribution in [-0.2, 0) is 19.6 Å². The van der Waals surface area contributed by atoms with Gasteiger partial charge in [0.1, 0.15) is 6.04 Å². The van der Waals surface area contributed by atoms with Crippen molar-refractivity contribution in [1.82, 2.24) is 14.5 Å². The fourth-order valence-electron chi connectivity index (χ4n) is 3.45. The van der Waals surface area contributed by atoms with Crippen molar-refractivity contribution in [3.8, 4) is 0 Å². The third-order valence-corrected chi connectivity index (χ3v) is 7.38. The van der Waals surface area contributed by atoms with Crippen molar-refractivity contribution in [2.75, 3.05) is 45.9 Å². The molecule has 2 aliphatic rings. The van der Waals surface area contributed by atoms with Gasteiger partial charge < -0.3 is 15.0 Å². The van der Waals surface area contributed by atoms with E-state index in [0.29, 0.717) is 56.8 Å². The first-order chi connectivity index (χ1) is 12.9. The van der Waals surface area contributed by atoms with Crippen LogP contribution in [0.15, 0.2) is 29.2 Å². The van der Waals surface area contributed by atoms with Crippen LogP contribution in [0.5, 0.6) is 0 Å². The number of rotatable bonds is 5. The van der Waals surface area contributed by atoms with Crippen LogP contribution in [-0.4, -0.2) is 75.5 Å². The summed E-state index contributed by atoms with van der Waals surface area (Å²) in [5.41, 5.74) is 1.15. The normalized spacial score (nSPS) is 22.4. The van der Waals surface area contributed by atoms with E-state index in [-0.39, 0.29) is 24.4 Å². The van der Waals surface area contributed by atoms with Gasteiger partial charge in [-0.3, -0.25) is 4.79 Å². The van der Waals surface area contributed by atoms with Gasteiger partial charge in [0.2, 0.25) is 15.9 Å². The fourth-order valence-corrected chi connectivity index (χ4v) is 4.87. The van der Waals surface area contributed by atoms with Crippen LogP contribution in [0.25, 0.3) is 0 Å². The summed E-state index contributed by atoms with van der Waals surface area (Å²) in [6.45, 7) is 7.34. The Balaban J connectivity index is 0.00000280. The number of carbonyl (C=O) groups is 1. The zero-order valence-electron chi connectivity index (χ0n) is 16.5. The van der Waals surface area contributed by atoms with Gasteiger partial charge in [0.25, 0.3) is 0 Å². The SMILES string of the molecule is CCC(C)c1ccc(S(=O)(=O)N2CCN(C(=O)C3COCCN3)CC2)cc1.Cl. The predicted molar refractivity (Wildman–Crippen MR) is 110 cm³/mol. The lowest BCUT2D eigenvalue weighted by molar-refractivity contribution is -0.137. The summed E-state index contributed by atoms with van der Waals surface area (Å²) in [6, 6.07) is 6.86. The molecule has 0 aliphatic carbocycles. The Morgan fingerprint density at radius 3 is 2.39 bits per heavy atom. The first-order valence-electron chi connectivity index (χ1n) is 9.63. The number of hydrogen-bond donors (Lipinski definition) is 1. The van der Waals surface area contributed by atoms with Crippen molar-refractivity contribution in [1.29, 1.82) is 0 Å². The Bertz CT molecular complexity index is 743. The molecule has 0 radical (unpaired) electrons. The third-order valence-electron chi connectivity index (χ3n) is 5.47. The van der Waals surface area contributed by atoms with Gasteiger partial charge in [-0.15, -0.1) is 12.4 Å². The Kier molecular flexibility index (Phi) is 8.27. The Labute approximate surface area is 173 Å². The summed E-state index contributed by atoms with van der Waals surface area (Å²) in [5.74, 6) is 0.401. The number of nitrogens with one attached hydrogen (secondary N) is 1. The van der Waals surface area contributed by atoms with Crippen molar-refractivity contribution in [3.63, 3.8) is 0 Å². The van der Waals surface area contributed by atoms with Crippen LogP contribution < -0.4 is 5.32 Å². The zero-order valence-corrected chi connectivity index (χ0v) is 18.1. The highest BCUT2D eigenvalue weighted by atomic mass is 35.5. The molecule has 7 nitrogen and oxygen atoms in total. The monoisotopic (exact) mass is 431 g/mol. The maximum Gasteiger partial charge on any atom is 0.243 e. The van der Waals surface area contributed by atoms with E-state index in [1.807, 2.05) is 12.1 Å². The van der Waals surface area contributed by atoms with Gasteiger partial charge in [0.15, 0.2) is 0 Å². The molecular formula is C19H30ClN3O4S. The molecular weight excluding hydrogens is 402 g/mol. The summed E-state index contributed by atoms with van der Waals surface area (Å²) >= 11 is 0. The number of morpholine rings is 1. The van der Waals surface area contributed by atoms with E-state index in [2.05, 4.69) is 19.2 Å². The van der Waals surface area contributed by atoms with Crippen molar-refractivity contribution >= 4 is 28.3 Å². The smallest absolute Gasteiger partial charge is 0.243 e. The summed E-state index contributed by atoms with van der Waals surface area (Å²) < 4.78 is 32.6. The molecule has 0 bridgehead atoms. The zero-order chi connectivity index (χ0) is 19.4. The maximum atomic E-state index is 12.9. The highest BCUT2D eigenvalue weighted by molar-refractivity contribution is 7.89. The highest BCUT2D eigenvalue weighted by Gasteiger charge is 2.33. The fraction of sp³-hybridized carbons (Fsp3) is 0.632. The minimum Gasteiger partial charge on any atom is -0.378 e. The van der Waals surface area contributed by atoms with E-state index in [4.69, 9.17) is 4.74 Å².